The first kappa shape index (κ1) is 13.7. The van der Waals surface area contributed by atoms with E-state index >= 15 is 0 Å². The third kappa shape index (κ3) is 2.98. The summed E-state index contributed by atoms with van der Waals surface area (Å²) < 4.78 is 39.9. The number of alkyl halides is 3. The highest BCUT2D eigenvalue weighted by atomic mass is 19.4. The maximum atomic E-state index is 12.0. The van der Waals surface area contributed by atoms with Crippen LogP contribution < -0.4 is 15.4 Å². The Bertz CT molecular complexity index is 473. The highest BCUT2D eigenvalue weighted by Gasteiger charge is 2.37. The molecule has 19 heavy (non-hydrogen) atoms. The molecule has 0 aliphatic carbocycles. The fourth-order valence-electron chi connectivity index (χ4n) is 1.97. The number of rotatable bonds is 2. The van der Waals surface area contributed by atoms with Gasteiger partial charge in [0.1, 0.15) is 11.3 Å². The van der Waals surface area contributed by atoms with Crippen molar-refractivity contribution in [2.75, 3.05) is 13.1 Å². The molecule has 0 aromatic heterocycles. The summed E-state index contributed by atoms with van der Waals surface area (Å²) >= 11 is 0. The molecule has 0 spiro atoms. The molecular formula is C12H13F3N2O2. The number of benzene rings is 1. The van der Waals surface area contributed by atoms with Crippen molar-refractivity contribution in [3.63, 3.8) is 0 Å². The van der Waals surface area contributed by atoms with Gasteiger partial charge in [-0.2, -0.15) is 0 Å². The number of ether oxygens (including phenoxy) is 1. The van der Waals surface area contributed by atoms with Crippen LogP contribution in [0.4, 0.5) is 13.2 Å². The summed E-state index contributed by atoms with van der Waals surface area (Å²) in [5, 5.41) is 5.77. The van der Waals surface area contributed by atoms with Gasteiger partial charge in [0, 0.05) is 13.1 Å². The van der Waals surface area contributed by atoms with E-state index in [1.165, 1.54) is 24.3 Å². The van der Waals surface area contributed by atoms with Crippen LogP contribution in [-0.2, 0) is 10.3 Å². The Morgan fingerprint density at radius 3 is 2.37 bits per heavy atom. The van der Waals surface area contributed by atoms with Crippen LogP contribution in [0.2, 0.25) is 0 Å². The second kappa shape index (κ2) is 4.73. The summed E-state index contributed by atoms with van der Waals surface area (Å²) in [4.78, 5) is 11.8. The Balaban J connectivity index is 2.20. The van der Waals surface area contributed by atoms with E-state index in [1.807, 2.05) is 0 Å². The van der Waals surface area contributed by atoms with E-state index < -0.39 is 11.9 Å². The van der Waals surface area contributed by atoms with Crippen molar-refractivity contribution >= 4 is 5.91 Å². The van der Waals surface area contributed by atoms with Gasteiger partial charge in [0.2, 0.25) is 5.91 Å². The van der Waals surface area contributed by atoms with Gasteiger partial charge in [0.25, 0.3) is 0 Å². The van der Waals surface area contributed by atoms with Gasteiger partial charge in [-0.25, -0.2) is 0 Å². The molecule has 1 unspecified atom stereocenters. The molecule has 0 saturated carbocycles. The maximum Gasteiger partial charge on any atom is 0.573 e. The summed E-state index contributed by atoms with van der Waals surface area (Å²) in [6, 6.07) is 5.27. The number of nitrogens with one attached hydrogen (secondary N) is 2. The first-order chi connectivity index (χ1) is 8.81. The van der Waals surface area contributed by atoms with Crippen LogP contribution in [-0.4, -0.2) is 25.4 Å². The van der Waals surface area contributed by atoms with Gasteiger partial charge >= 0.3 is 6.36 Å². The van der Waals surface area contributed by atoms with Crippen molar-refractivity contribution in [2.24, 2.45) is 0 Å². The standard InChI is InChI=1S/C12H13F3N2O2/c1-11(10(18)16-6-7-17-11)8-2-4-9(5-3-8)19-12(13,14)15/h2-5,17H,6-7H2,1H3,(H,16,18). The molecule has 4 nitrogen and oxygen atoms in total. The Labute approximate surface area is 107 Å². The quantitative estimate of drug-likeness (QED) is 0.859. The van der Waals surface area contributed by atoms with Crippen LogP contribution in [0.5, 0.6) is 5.75 Å². The van der Waals surface area contributed by atoms with E-state index in [1.54, 1.807) is 6.92 Å². The van der Waals surface area contributed by atoms with Crippen LogP contribution in [0.3, 0.4) is 0 Å². The fraction of sp³-hybridized carbons (Fsp3) is 0.417. The largest absolute Gasteiger partial charge is 0.573 e. The molecular weight excluding hydrogens is 261 g/mol. The predicted molar refractivity (Wildman–Crippen MR) is 61.5 cm³/mol. The molecule has 1 heterocycles. The Hall–Kier alpha value is -1.76. The van der Waals surface area contributed by atoms with Gasteiger partial charge in [-0.05, 0) is 24.6 Å². The SMILES string of the molecule is CC1(c2ccc(OC(F)(F)F)cc2)NCCNC1=O. The fourth-order valence-corrected chi connectivity index (χ4v) is 1.97. The van der Waals surface area contributed by atoms with Gasteiger partial charge in [-0.3, -0.25) is 10.1 Å². The lowest BCUT2D eigenvalue weighted by atomic mass is 9.89. The molecule has 1 amide bonds. The number of carbonyl (C=O) groups excluding carboxylic acids is 1. The molecule has 1 aliphatic heterocycles. The maximum absolute atomic E-state index is 12.0. The monoisotopic (exact) mass is 274 g/mol. The predicted octanol–water partition coefficient (Wildman–Crippen LogP) is 1.52. The summed E-state index contributed by atoms with van der Waals surface area (Å²) in [5.74, 6) is -0.515. The highest BCUT2D eigenvalue weighted by Crippen LogP contribution is 2.27. The van der Waals surface area contributed by atoms with Gasteiger partial charge in [0.15, 0.2) is 0 Å². The van der Waals surface area contributed by atoms with Gasteiger partial charge < -0.3 is 10.1 Å². The number of piperazine rings is 1. The van der Waals surface area contributed by atoms with Crippen LogP contribution in [0.25, 0.3) is 0 Å². The Morgan fingerprint density at radius 1 is 1.21 bits per heavy atom. The minimum atomic E-state index is -4.72. The van der Waals surface area contributed by atoms with E-state index in [4.69, 9.17) is 0 Å². The molecule has 104 valence electrons. The minimum Gasteiger partial charge on any atom is -0.406 e. The van der Waals surface area contributed by atoms with Crippen molar-refractivity contribution in [3.05, 3.63) is 29.8 Å². The van der Waals surface area contributed by atoms with Gasteiger partial charge in [0.05, 0.1) is 0 Å². The third-order valence-corrected chi connectivity index (χ3v) is 3.01. The van der Waals surface area contributed by atoms with E-state index in [0.29, 0.717) is 18.7 Å². The average molecular weight is 274 g/mol. The molecule has 2 N–H and O–H groups in total. The molecule has 1 saturated heterocycles. The molecule has 0 radical (unpaired) electrons. The lowest BCUT2D eigenvalue weighted by Crippen LogP contribution is -2.59. The third-order valence-electron chi connectivity index (χ3n) is 3.01. The van der Waals surface area contributed by atoms with Crippen LogP contribution in [0.1, 0.15) is 12.5 Å². The molecule has 1 atom stereocenters. The van der Waals surface area contributed by atoms with Crippen LogP contribution >= 0.6 is 0 Å². The van der Waals surface area contributed by atoms with E-state index in [9.17, 15) is 18.0 Å². The minimum absolute atomic E-state index is 0.205. The molecule has 1 aliphatic rings. The lowest BCUT2D eigenvalue weighted by Gasteiger charge is -2.34. The number of hydrogen-bond acceptors (Lipinski definition) is 3. The van der Waals surface area contributed by atoms with Crippen molar-refractivity contribution in [1.29, 1.82) is 0 Å². The van der Waals surface area contributed by atoms with E-state index in [2.05, 4.69) is 15.4 Å². The summed E-state index contributed by atoms with van der Waals surface area (Å²) in [7, 11) is 0. The number of amides is 1. The first-order valence-corrected chi connectivity index (χ1v) is 5.71. The number of halogens is 3. The van der Waals surface area contributed by atoms with Crippen molar-refractivity contribution in [1.82, 2.24) is 10.6 Å². The first-order valence-electron chi connectivity index (χ1n) is 5.71. The van der Waals surface area contributed by atoms with Crippen molar-refractivity contribution < 1.29 is 22.7 Å². The van der Waals surface area contributed by atoms with Gasteiger partial charge in [-0.1, -0.05) is 12.1 Å². The van der Waals surface area contributed by atoms with Crippen molar-refractivity contribution in [3.8, 4) is 5.75 Å². The van der Waals surface area contributed by atoms with Gasteiger partial charge in [-0.15, -0.1) is 13.2 Å². The average Bonchev–Trinajstić information content (AvgIpc) is 2.32. The zero-order valence-electron chi connectivity index (χ0n) is 10.2. The number of carbonyl (C=O) groups is 1. The molecule has 0 bridgehead atoms. The van der Waals surface area contributed by atoms with E-state index in [-0.39, 0.29) is 11.7 Å². The normalized spacial score (nSPS) is 23.9. The lowest BCUT2D eigenvalue weighted by molar-refractivity contribution is -0.274. The zero-order chi connectivity index (χ0) is 14.1. The molecule has 1 aromatic carbocycles. The molecule has 2 rings (SSSR count). The summed E-state index contributed by atoms with van der Waals surface area (Å²) in [6.07, 6.45) is -4.72. The molecule has 1 fully saturated rings. The van der Waals surface area contributed by atoms with Crippen molar-refractivity contribution in [2.45, 2.75) is 18.8 Å². The molecule has 1 aromatic rings. The highest BCUT2D eigenvalue weighted by molar-refractivity contribution is 5.88. The van der Waals surface area contributed by atoms with Crippen LogP contribution in [0, 0.1) is 0 Å². The topological polar surface area (TPSA) is 50.4 Å². The van der Waals surface area contributed by atoms with Crippen LogP contribution in [0.15, 0.2) is 24.3 Å². The Morgan fingerprint density at radius 2 is 1.84 bits per heavy atom. The zero-order valence-corrected chi connectivity index (χ0v) is 10.2. The summed E-state index contributed by atoms with van der Waals surface area (Å²) in [6.45, 7) is 2.81. The molecule has 7 heteroatoms. The summed E-state index contributed by atoms with van der Waals surface area (Å²) in [5.41, 5.74) is -0.353. The Kier molecular flexibility index (Phi) is 3.40. The second-order valence-electron chi connectivity index (χ2n) is 4.38. The second-order valence-corrected chi connectivity index (χ2v) is 4.38. The van der Waals surface area contributed by atoms with E-state index in [0.717, 1.165) is 0 Å². The smallest absolute Gasteiger partial charge is 0.406 e. The number of hydrogen-bond donors (Lipinski definition) is 2.